The minimum Gasteiger partial charge on any atom is -0.399 e. The van der Waals surface area contributed by atoms with Crippen molar-refractivity contribution >= 4 is 34.6 Å². The van der Waals surface area contributed by atoms with E-state index in [1.165, 1.54) is 5.56 Å². The Hall–Kier alpha value is -1.68. The first-order chi connectivity index (χ1) is 11.1. The Morgan fingerprint density at radius 3 is 2.57 bits per heavy atom. The Labute approximate surface area is 146 Å². The lowest BCUT2D eigenvalue weighted by Gasteiger charge is -2.39. The highest BCUT2D eigenvalue weighted by Crippen LogP contribution is 2.35. The Bertz CT molecular complexity index is 713. The standard InChI is InChI=1S/C18H19Cl2N3/c1-12(21)14-4-7-17(16(20)10-14)23-9-8-22-11-18(23)13-2-5-15(19)6-3-13/h2-7,10,18,22H,1,8-9,11,21H2/t18-/m0/s1. The second-order valence-electron chi connectivity index (χ2n) is 5.66. The predicted octanol–water partition coefficient (Wildman–Crippen LogP) is 4.07. The largest absolute Gasteiger partial charge is 0.399 e. The molecule has 0 bridgehead atoms. The van der Waals surface area contributed by atoms with Crippen LogP contribution in [0.4, 0.5) is 5.69 Å². The minimum absolute atomic E-state index is 0.213. The van der Waals surface area contributed by atoms with Gasteiger partial charge in [-0.15, -0.1) is 0 Å². The molecule has 1 aliphatic rings. The molecule has 0 spiro atoms. The van der Waals surface area contributed by atoms with Gasteiger partial charge in [-0.1, -0.05) is 48.0 Å². The van der Waals surface area contributed by atoms with Gasteiger partial charge in [-0.05, 0) is 35.4 Å². The number of nitrogens with one attached hydrogen (secondary N) is 1. The molecule has 3 nitrogen and oxygen atoms in total. The maximum Gasteiger partial charge on any atom is 0.0668 e. The van der Waals surface area contributed by atoms with E-state index in [2.05, 4.69) is 28.9 Å². The lowest BCUT2D eigenvalue weighted by molar-refractivity contribution is 0.490. The molecule has 2 aromatic carbocycles. The molecule has 1 fully saturated rings. The quantitative estimate of drug-likeness (QED) is 0.878. The Morgan fingerprint density at radius 2 is 1.91 bits per heavy atom. The number of halogens is 2. The summed E-state index contributed by atoms with van der Waals surface area (Å²) in [5.41, 5.74) is 9.36. The Balaban J connectivity index is 1.95. The van der Waals surface area contributed by atoms with Crippen LogP contribution in [0.2, 0.25) is 10.0 Å². The lowest BCUT2D eigenvalue weighted by Crippen LogP contribution is -2.46. The molecule has 0 radical (unpaired) electrons. The highest BCUT2D eigenvalue weighted by Gasteiger charge is 2.25. The van der Waals surface area contributed by atoms with Gasteiger partial charge in [0.2, 0.25) is 0 Å². The van der Waals surface area contributed by atoms with E-state index in [9.17, 15) is 0 Å². The van der Waals surface area contributed by atoms with Crippen molar-refractivity contribution < 1.29 is 0 Å². The number of hydrogen-bond acceptors (Lipinski definition) is 3. The van der Waals surface area contributed by atoms with Gasteiger partial charge in [0.15, 0.2) is 0 Å². The smallest absolute Gasteiger partial charge is 0.0668 e. The number of nitrogens with two attached hydrogens (primary N) is 1. The highest BCUT2D eigenvalue weighted by atomic mass is 35.5. The third-order valence-corrected chi connectivity index (χ3v) is 4.68. The molecule has 120 valence electrons. The third-order valence-electron chi connectivity index (χ3n) is 4.13. The molecule has 0 aliphatic carbocycles. The SMILES string of the molecule is C=C(N)c1ccc(N2CCNC[C@H]2c2ccc(Cl)cc2)c(Cl)c1. The summed E-state index contributed by atoms with van der Waals surface area (Å²) in [5, 5.41) is 4.88. The predicted molar refractivity (Wildman–Crippen MR) is 99.1 cm³/mol. The van der Waals surface area contributed by atoms with Crippen LogP contribution in [0.25, 0.3) is 5.70 Å². The monoisotopic (exact) mass is 347 g/mol. The summed E-state index contributed by atoms with van der Waals surface area (Å²) in [6.07, 6.45) is 0. The summed E-state index contributed by atoms with van der Waals surface area (Å²) in [6.45, 7) is 6.43. The fourth-order valence-corrected chi connectivity index (χ4v) is 3.33. The molecule has 1 saturated heterocycles. The van der Waals surface area contributed by atoms with E-state index in [1.807, 2.05) is 30.3 Å². The van der Waals surface area contributed by atoms with Gasteiger partial charge in [-0.2, -0.15) is 0 Å². The van der Waals surface area contributed by atoms with Crippen molar-refractivity contribution in [2.45, 2.75) is 6.04 Å². The number of nitrogens with zero attached hydrogens (tertiary/aromatic N) is 1. The van der Waals surface area contributed by atoms with E-state index in [0.29, 0.717) is 10.7 Å². The minimum atomic E-state index is 0.213. The van der Waals surface area contributed by atoms with Gasteiger partial charge < -0.3 is 16.0 Å². The zero-order valence-electron chi connectivity index (χ0n) is 12.7. The molecular formula is C18H19Cl2N3. The number of benzene rings is 2. The van der Waals surface area contributed by atoms with Crippen LogP contribution >= 0.6 is 23.2 Å². The molecule has 0 amide bonds. The van der Waals surface area contributed by atoms with Gasteiger partial charge in [-0.25, -0.2) is 0 Å². The van der Waals surface area contributed by atoms with Crippen molar-refractivity contribution in [3.05, 3.63) is 70.2 Å². The van der Waals surface area contributed by atoms with Gasteiger partial charge in [0.25, 0.3) is 0 Å². The molecule has 0 saturated carbocycles. The average molecular weight is 348 g/mol. The number of anilines is 1. The molecule has 0 unspecified atom stereocenters. The van der Waals surface area contributed by atoms with Gasteiger partial charge in [0.05, 0.1) is 16.8 Å². The van der Waals surface area contributed by atoms with E-state index in [0.717, 1.165) is 35.9 Å². The summed E-state index contributed by atoms with van der Waals surface area (Å²) < 4.78 is 0. The number of piperazine rings is 1. The third kappa shape index (κ3) is 3.47. The Kier molecular flexibility index (Phi) is 4.81. The average Bonchev–Trinajstić information content (AvgIpc) is 2.55. The van der Waals surface area contributed by atoms with Crippen molar-refractivity contribution in [3.63, 3.8) is 0 Å². The van der Waals surface area contributed by atoms with Gasteiger partial charge in [-0.3, -0.25) is 0 Å². The van der Waals surface area contributed by atoms with Crippen LogP contribution in [-0.4, -0.2) is 19.6 Å². The first-order valence-corrected chi connectivity index (χ1v) is 8.29. The molecule has 3 N–H and O–H groups in total. The van der Waals surface area contributed by atoms with E-state index < -0.39 is 0 Å². The van der Waals surface area contributed by atoms with Crippen molar-refractivity contribution in [3.8, 4) is 0 Å². The topological polar surface area (TPSA) is 41.3 Å². The van der Waals surface area contributed by atoms with Crippen LogP contribution in [0.15, 0.2) is 49.0 Å². The van der Waals surface area contributed by atoms with E-state index in [4.69, 9.17) is 28.9 Å². The fourth-order valence-electron chi connectivity index (χ4n) is 2.91. The van der Waals surface area contributed by atoms with E-state index >= 15 is 0 Å². The number of hydrogen-bond donors (Lipinski definition) is 2. The first kappa shape index (κ1) is 16.2. The van der Waals surface area contributed by atoms with Crippen molar-refractivity contribution in [2.75, 3.05) is 24.5 Å². The van der Waals surface area contributed by atoms with Crippen molar-refractivity contribution in [1.29, 1.82) is 0 Å². The molecule has 1 heterocycles. The zero-order chi connectivity index (χ0) is 16.4. The van der Waals surface area contributed by atoms with Crippen LogP contribution in [0.1, 0.15) is 17.2 Å². The zero-order valence-corrected chi connectivity index (χ0v) is 14.2. The number of rotatable bonds is 3. The molecule has 5 heteroatoms. The van der Waals surface area contributed by atoms with Crippen LogP contribution in [-0.2, 0) is 0 Å². The molecule has 3 rings (SSSR count). The first-order valence-electron chi connectivity index (χ1n) is 7.53. The Morgan fingerprint density at radius 1 is 1.17 bits per heavy atom. The van der Waals surface area contributed by atoms with Gasteiger partial charge >= 0.3 is 0 Å². The van der Waals surface area contributed by atoms with E-state index in [1.54, 1.807) is 0 Å². The molecule has 1 atom stereocenters. The summed E-state index contributed by atoms with van der Waals surface area (Å²) in [7, 11) is 0. The summed E-state index contributed by atoms with van der Waals surface area (Å²) in [4.78, 5) is 2.32. The van der Waals surface area contributed by atoms with Crippen LogP contribution in [0.3, 0.4) is 0 Å². The van der Waals surface area contributed by atoms with Crippen LogP contribution in [0, 0.1) is 0 Å². The van der Waals surface area contributed by atoms with Gasteiger partial charge in [0, 0.05) is 30.4 Å². The fraction of sp³-hybridized carbons (Fsp3) is 0.222. The highest BCUT2D eigenvalue weighted by molar-refractivity contribution is 6.33. The molecule has 2 aromatic rings. The summed E-state index contributed by atoms with van der Waals surface area (Å²) in [6, 6.07) is 14.0. The second kappa shape index (κ2) is 6.83. The maximum absolute atomic E-state index is 6.50. The van der Waals surface area contributed by atoms with Crippen LogP contribution < -0.4 is 16.0 Å². The normalized spacial score (nSPS) is 18.0. The molecule has 0 aromatic heterocycles. The molecule has 23 heavy (non-hydrogen) atoms. The van der Waals surface area contributed by atoms with Crippen molar-refractivity contribution in [2.24, 2.45) is 5.73 Å². The summed E-state index contributed by atoms with van der Waals surface area (Å²) in [5.74, 6) is 0. The summed E-state index contributed by atoms with van der Waals surface area (Å²) >= 11 is 12.5. The van der Waals surface area contributed by atoms with Crippen molar-refractivity contribution in [1.82, 2.24) is 5.32 Å². The maximum atomic E-state index is 6.50. The van der Waals surface area contributed by atoms with Crippen LogP contribution in [0.5, 0.6) is 0 Å². The second-order valence-corrected chi connectivity index (χ2v) is 6.50. The lowest BCUT2D eigenvalue weighted by atomic mass is 10.0. The van der Waals surface area contributed by atoms with E-state index in [-0.39, 0.29) is 6.04 Å². The van der Waals surface area contributed by atoms with Gasteiger partial charge in [0.1, 0.15) is 0 Å². The molecule has 1 aliphatic heterocycles. The molecular weight excluding hydrogens is 329 g/mol.